The molecular formula is C15H11N3O. The Bertz CT molecular complexity index is 804. The lowest BCUT2D eigenvalue weighted by Crippen LogP contribution is -2.12. The zero-order valence-electron chi connectivity index (χ0n) is 10.1. The van der Waals surface area contributed by atoms with Crippen LogP contribution in [0.25, 0.3) is 22.2 Å². The molecule has 1 aromatic carbocycles. The minimum absolute atomic E-state index is 0.00697. The van der Waals surface area contributed by atoms with Gasteiger partial charge in [-0.05, 0) is 29.3 Å². The van der Waals surface area contributed by atoms with E-state index in [1.165, 1.54) is 0 Å². The highest BCUT2D eigenvalue weighted by molar-refractivity contribution is 5.99. The zero-order chi connectivity index (χ0) is 12.8. The van der Waals surface area contributed by atoms with Crippen molar-refractivity contribution in [2.24, 2.45) is 0 Å². The van der Waals surface area contributed by atoms with E-state index in [2.05, 4.69) is 21.4 Å². The number of aromatic nitrogens is 2. The number of aromatic amines is 1. The van der Waals surface area contributed by atoms with Gasteiger partial charge in [0.25, 0.3) is 5.91 Å². The molecule has 92 valence electrons. The smallest absolute Gasteiger partial charge is 0.251 e. The third-order valence-electron chi connectivity index (χ3n) is 3.53. The van der Waals surface area contributed by atoms with Gasteiger partial charge < -0.3 is 10.3 Å². The quantitative estimate of drug-likeness (QED) is 0.696. The Kier molecular flexibility index (Phi) is 2.00. The molecular weight excluding hydrogens is 238 g/mol. The summed E-state index contributed by atoms with van der Waals surface area (Å²) in [7, 11) is 0. The minimum atomic E-state index is 0.00697. The van der Waals surface area contributed by atoms with E-state index in [-0.39, 0.29) is 5.91 Å². The number of hydrogen-bond acceptors (Lipinski definition) is 2. The van der Waals surface area contributed by atoms with E-state index in [1.54, 1.807) is 0 Å². The van der Waals surface area contributed by atoms with Gasteiger partial charge in [-0.25, -0.2) is 4.98 Å². The van der Waals surface area contributed by atoms with Gasteiger partial charge in [-0.1, -0.05) is 12.1 Å². The van der Waals surface area contributed by atoms with E-state index >= 15 is 0 Å². The second kappa shape index (κ2) is 3.68. The molecule has 0 saturated heterocycles. The number of carbonyl (C=O) groups is 1. The van der Waals surface area contributed by atoms with E-state index < -0.39 is 0 Å². The van der Waals surface area contributed by atoms with Crippen LogP contribution in [0.15, 0.2) is 42.7 Å². The first-order valence-electron chi connectivity index (χ1n) is 6.16. The molecule has 19 heavy (non-hydrogen) atoms. The van der Waals surface area contributed by atoms with Crippen molar-refractivity contribution in [1.29, 1.82) is 0 Å². The number of amides is 1. The van der Waals surface area contributed by atoms with Gasteiger partial charge in [0.05, 0.1) is 0 Å². The summed E-state index contributed by atoms with van der Waals surface area (Å²) in [6.07, 6.45) is 3.70. The molecule has 3 heterocycles. The number of nitrogens with one attached hydrogen (secondary N) is 2. The van der Waals surface area contributed by atoms with Gasteiger partial charge in [0.15, 0.2) is 0 Å². The van der Waals surface area contributed by atoms with Gasteiger partial charge in [-0.15, -0.1) is 0 Å². The van der Waals surface area contributed by atoms with Crippen LogP contribution in [0.1, 0.15) is 15.9 Å². The van der Waals surface area contributed by atoms with E-state index in [4.69, 9.17) is 0 Å². The largest absolute Gasteiger partial charge is 0.348 e. The zero-order valence-corrected chi connectivity index (χ0v) is 10.1. The second-order valence-electron chi connectivity index (χ2n) is 4.69. The SMILES string of the molecule is O=C1NCc2ccc(-c3cnc4[nH]ccc4c3)cc21. The average molecular weight is 249 g/mol. The topological polar surface area (TPSA) is 57.8 Å². The Morgan fingerprint density at radius 3 is 3.00 bits per heavy atom. The van der Waals surface area contributed by atoms with Gasteiger partial charge in [0.1, 0.15) is 5.65 Å². The molecule has 0 bridgehead atoms. The first-order valence-corrected chi connectivity index (χ1v) is 6.16. The number of H-pyrrole nitrogens is 1. The number of fused-ring (bicyclic) bond motifs is 2. The summed E-state index contributed by atoms with van der Waals surface area (Å²) in [6.45, 7) is 0.629. The van der Waals surface area contributed by atoms with Gasteiger partial charge in [-0.3, -0.25) is 4.79 Å². The Morgan fingerprint density at radius 2 is 2.05 bits per heavy atom. The molecule has 1 aliphatic rings. The molecule has 4 nitrogen and oxygen atoms in total. The number of rotatable bonds is 1. The molecule has 0 spiro atoms. The number of carbonyl (C=O) groups excluding carboxylic acids is 1. The van der Waals surface area contributed by atoms with Crippen molar-refractivity contribution in [3.05, 3.63) is 53.9 Å². The van der Waals surface area contributed by atoms with Crippen molar-refractivity contribution in [2.75, 3.05) is 0 Å². The first kappa shape index (κ1) is 10.3. The highest BCUT2D eigenvalue weighted by Crippen LogP contribution is 2.26. The summed E-state index contributed by atoms with van der Waals surface area (Å²) in [4.78, 5) is 19.1. The monoisotopic (exact) mass is 249 g/mol. The molecule has 3 aromatic rings. The van der Waals surface area contributed by atoms with Crippen LogP contribution in [-0.4, -0.2) is 15.9 Å². The van der Waals surface area contributed by atoms with Crippen LogP contribution in [0.2, 0.25) is 0 Å². The molecule has 0 atom stereocenters. The summed E-state index contributed by atoms with van der Waals surface area (Å²) in [5.41, 5.74) is 4.75. The standard InChI is InChI=1S/C15H11N3O/c19-15-13-6-9(1-2-11(13)7-18-15)12-5-10-3-4-16-14(10)17-8-12/h1-6,8H,7H2,(H,16,17)(H,18,19). The van der Waals surface area contributed by atoms with Crippen LogP contribution >= 0.6 is 0 Å². The van der Waals surface area contributed by atoms with Crippen LogP contribution in [-0.2, 0) is 6.54 Å². The molecule has 0 saturated carbocycles. The van der Waals surface area contributed by atoms with Crippen molar-refractivity contribution in [3.63, 3.8) is 0 Å². The van der Waals surface area contributed by atoms with Crippen molar-refractivity contribution < 1.29 is 4.79 Å². The predicted octanol–water partition coefficient (Wildman–Crippen LogP) is 2.47. The lowest BCUT2D eigenvalue weighted by molar-refractivity contribution is 0.0966. The average Bonchev–Trinajstić information content (AvgIpc) is 3.05. The van der Waals surface area contributed by atoms with Crippen LogP contribution in [0.3, 0.4) is 0 Å². The Hall–Kier alpha value is -2.62. The molecule has 1 aliphatic heterocycles. The highest BCUT2D eigenvalue weighted by atomic mass is 16.1. The maximum absolute atomic E-state index is 11.7. The van der Waals surface area contributed by atoms with E-state index in [1.807, 2.05) is 36.7 Å². The molecule has 2 N–H and O–H groups in total. The Labute approximate surface area is 109 Å². The molecule has 0 fully saturated rings. The summed E-state index contributed by atoms with van der Waals surface area (Å²) in [6, 6.07) is 10.0. The molecule has 4 rings (SSSR count). The number of benzene rings is 1. The summed E-state index contributed by atoms with van der Waals surface area (Å²) < 4.78 is 0. The molecule has 2 aromatic heterocycles. The number of pyridine rings is 1. The summed E-state index contributed by atoms with van der Waals surface area (Å²) >= 11 is 0. The fourth-order valence-electron chi connectivity index (χ4n) is 2.49. The molecule has 4 heteroatoms. The molecule has 1 amide bonds. The van der Waals surface area contributed by atoms with Gasteiger partial charge in [0.2, 0.25) is 0 Å². The van der Waals surface area contributed by atoms with E-state index in [0.717, 1.165) is 33.3 Å². The van der Waals surface area contributed by atoms with Crippen LogP contribution in [0.5, 0.6) is 0 Å². The predicted molar refractivity (Wildman–Crippen MR) is 72.7 cm³/mol. The maximum Gasteiger partial charge on any atom is 0.251 e. The van der Waals surface area contributed by atoms with Crippen molar-refractivity contribution in [1.82, 2.24) is 15.3 Å². The van der Waals surface area contributed by atoms with Crippen molar-refractivity contribution in [2.45, 2.75) is 6.54 Å². The normalized spacial score (nSPS) is 13.6. The van der Waals surface area contributed by atoms with Crippen molar-refractivity contribution in [3.8, 4) is 11.1 Å². The first-order chi connectivity index (χ1) is 9.31. The lowest BCUT2D eigenvalue weighted by atomic mass is 10.0. The van der Waals surface area contributed by atoms with Crippen LogP contribution in [0.4, 0.5) is 0 Å². The Balaban J connectivity index is 1.87. The van der Waals surface area contributed by atoms with E-state index in [9.17, 15) is 4.79 Å². The van der Waals surface area contributed by atoms with Crippen LogP contribution in [0, 0.1) is 0 Å². The number of nitrogens with zero attached hydrogens (tertiary/aromatic N) is 1. The van der Waals surface area contributed by atoms with Crippen molar-refractivity contribution >= 4 is 16.9 Å². The maximum atomic E-state index is 11.7. The number of hydrogen-bond donors (Lipinski definition) is 2. The molecule has 0 unspecified atom stereocenters. The third-order valence-corrected chi connectivity index (χ3v) is 3.53. The Morgan fingerprint density at radius 1 is 1.11 bits per heavy atom. The van der Waals surface area contributed by atoms with E-state index in [0.29, 0.717) is 6.54 Å². The summed E-state index contributed by atoms with van der Waals surface area (Å²) in [5.74, 6) is 0.00697. The summed E-state index contributed by atoms with van der Waals surface area (Å²) in [5, 5.41) is 3.90. The fourth-order valence-corrected chi connectivity index (χ4v) is 2.49. The fraction of sp³-hybridized carbons (Fsp3) is 0.0667. The third kappa shape index (κ3) is 1.53. The van der Waals surface area contributed by atoms with Gasteiger partial charge >= 0.3 is 0 Å². The molecule has 0 aliphatic carbocycles. The second-order valence-corrected chi connectivity index (χ2v) is 4.69. The minimum Gasteiger partial charge on any atom is -0.348 e. The lowest BCUT2D eigenvalue weighted by Gasteiger charge is -2.03. The highest BCUT2D eigenvalue weighted by Gasteiger charge is 2.18. The van der Waals surface area contributed by atoms with Gasteiger partial charge in [0, 0.05) is 35.5 Å². The van der Waals surface area contributed by atoms with Gasteiger partial charge in [-0.2, -0.15) is 0 Å². The van der Waals surface area contributed by atoms with Crippen LogP contribution < -0.4 is 5.32 Å². The molecule has 0 radical (unpaired) electrons.